The Morgan fingerprint density at radius 3 is 2.50 bits per heavy atom. The van der Waals surface area contributed by atoms with E-state index in [1.54, 1.807) is 26.4 Å². The number of esters is 1. The van der Waals surface area contributed by atoms with Crippen LogP contribution in [0.4, 0.5) is 0 Å². The Labute approximate surface area is 191 Å². The second-order valence-corrected chi connectivity index (χ2v) is 8.21. The standard InChI is InChI=1S/C21H23Cl3N2O4/c1-28-18-7-6-13(9-20(18)29-2)19(10-14-15(22)11-25-12-16(14)23)30-21(27)17-5-3-4-8-26(17)24/h6-7,9,11-12,17,19H,3-5,8,10H2,1-2H3/t17-,19-/m0/s1. The number of carbonyl (C=O) groups excluding carboxylic acids is 1. The summed E-state index contributed by atoms with van der Waals surface area (Å²) in [5, 5.41) is 0.807. The van der Waals surface area contributed by atoms with Crippen molar-refractivity contribution < 1.29 is 19.0 Å². The molecule has 0 N–H and O–H groups in total. The van der Waals surface area contributed by atoms with Crippen LogP contribution in [0.15, 0.2) is 30.6 Å². The first-order chi connectivity index (χ1) is 14.4. The maximum Gasteiger partial charge on any atom is 0.325 e. The third kappa shape index (κ3) is 5.30. The van der Waals surface area contributed by atoms with Crippen molar-refractivity contribution in [3.63, 3.8) is 0 Å². The minimum atomic E-state index is -0.651. The number of aromatic nitrogens is 1. The first-order valence-electron chi connectivity index (χ1n) is 9.57. The number of pyridine rings is 1. The molecule has 6 nitrogen and oxygen atoms in total. The van der Waals surface area contributed by atoms with Crippen LogP contribution in [0.25, 0.3) is 0 Å². The summed E-state index contributed by atoms with van der Waals surface area (Å²) in [7, 11) is 3.11. The number of piperidine rings is 1. The van der Waals surface area contributed by atoms with E-state index in [-0.39, 0.29) is 12.4 Å². The van der Waals surface area contributed by atoms with Gasteiger partial charge in [-0.25, -0.2) is 4.42 Å². The van der Waals surface area contributed by atoms with Gasteiger partial charge in [-0.2, -0.15) is 0 Å². The maximum atomic E-state index is 12.9. The van der Waals surface area contributed by atoms with Crippen molar-refractivity contribution in [1.82, 2.24) is 9.40 Å². The fourth-order valence-corrected chi connectivity index (χ4v) is 4.26. The SMILES string of the molecule is COc1ccc([C@H](Cc2c(Cl)cncc2Cl)OC(=O)[C@@H]2CCCCN2Cl)cc1OC. The molecule has 3 rings (SSSR count). The van der Waals surface area contributed by atoms with E-state index in [2.05, 4.69) is 4.98 Å². The molecule has 0 saturated carbocycles. The zero-order valence-corrected chi connectivity index (χ0v) is 19.0. The summed E-state index contributed by atoms with van der Waals surface area (Å²) in [6, 6.07) is 4.87. The predicted octanol–water partition coefficient (Wildman–Crippen LogP) is 5.24. The number of methoxy groups -OCH3 is 2. The Morgan fingerprint density at radius 2 is 1.87 bits per heavy atom. The summed E-state index contributed by atoms with van der Waals surface area (Å²) in [4.78, 5) is 16.9. The molecule has 2 aromatic rings. The van der Waals surface area contributed by atoms with Crippen molar-refractivity contribution in [2.75, 3.05) is 20.8 Å². The average Bonchev–Trinajstić information content (AvgIpc) is 2.75. The fraction of sp³-hybridized carbons (Fsp3) is 0.429. The summed E-state index contributed by atoms with van der Waals surface area (Å²) in [5.74, 6) is 0.718. The minimum Gasteiger partial charge on any atom is -0.493 e. The number of halogens is 3. The fourth-order valence-electron chi connectivity index (χ4n) is 3.45. The molecule has 0 spiro atoms. The second kappa shape index (κ2) is 10.5. The van der Waals surface area contributed by atoms with E-state index in [4.69, 9.17) is 49.2 Å². The number of hydrogen-bond donors (Lipinski definition) is 0. The van der Waals surface area contributed by atoms with Crippen LogP contribution in [0.3, 0.4) is 0 Å². The summed E-state index contributed by atoms with van der Waals surface area (Å²) >= 11 is 18.9. The number of nitrogens with zero attached hydrogens (tertiary/aromatic N) is 2. The molecule has 1 aliphatic rings. The largest absolute Gasteiger partial charge is 0.493 e. The summed E-state index contributed by atoms with van der Waals surface area (Å²) < 4.78 is 18.2. The smallest absolute Gasteiger partial charge is 0.325 e. The highest BCUT2D eigenvalue weighted by Crippen LogP contribution is 2.36. The van der Waals surface area contributed by atoms with Gasteiger partial charge < -0.3 is 14.2 Å². The van der Waals surface area contributed by atoms with Crippen molar-refractivity contribution in [3.05, 3.63) is 51.8 Å². The number of rotatable bonds is 7. The van der Waals surface area contributed by atoms with Gasteiger partial charge in [0.25, 0.3) is 0 Å². The Hall–Kier alpha value is -1.73. The maximum absolute atomic E-state index is 12.9. The van der Waals surface area contributed by atoms with Crippen molar-refractivity contribution in [1.29, 1.82) is 0 Å². The molecule has 1 fully saturated rings. The zero-order valence-electron chi connectivity index (χ0n) is 16.7. The Bertz CT molecular complexity index is 876. The normalized spacial score (nSPS) is 18.0. The van der Waals surface area contributed by atoms with Crippen LogP contribution >= 0.6 is 35.0 Å². The highest BCUT2D eigenvalue weighted by atomic mass is 35.5. The number of carbonyl (C=O) groups is 1. The van der Waals surface area contributed by atoms with E-state index >= 15 is 0 Å². The molecule has 1 aliphatic heterocycles. The number of hydrogen-bond acceptors (Lipinski definition) is 6. The first-order valence-corrected chi connectivity index (χ1v) is 10.7. The lowest BCUT2D eigenvalue weighted by atomic mass is 10.0. The van der Waals surface area contributed by atoms with Gasteiger partial charge in [0.05, 0.1) is 24.3 Å². The third-order valence-corrected chi connectivity index (χ3v) is 6.15. The molecule has 1 aromatic carbocycles. The molecule has 0 bridgehead atoms. The lowest BCUT2D eigenvalue weighted by Crippen LogP contribution is -2.40. The van der Waals surface area contributed by atoms with Crippen LogP contribution in [0.1, 0.15) is 36.5 Å². The molecule has 0 amide bonds. The molecule has 0 unspecified atom stereocenters. The highest BCUT2D eigenvalue weighted by molar-refractivity contribution is 6.35. The molecule has 2 atom stereocenters. The lowest BCUT2D eigenvalue weighted by Gasteiger charge is -2.30. The second-order valence-electron chi connectivity index (χ2n) is 6.96. The number of benzene rings is 1. The monoisotopic (exact) mass is 472 g/mol. The van der Waals surface area contributed by atoms with E-state index in [0.717, 1.165) is 18.4 Å². The molecule has 0 radical (unpaired) electrons. The Morgan fingerprint density at radius 1 is 1.17 bits per heavy atom. The highest BCUT2D eigenvalue weighted by Gasteiger charge is 2.32. The molecule has 30 heavy (non-hydrogen) atoms. The quantitative estimate of drug-likeness (QED) is 0.405. The molecule has 1 aromatic heterocycles. The van der Waals surface area contributed by atoms with Crippen LogP contribution < -0.4 is 9.47 Å². The van der Waals surface area contributed by atoms with E-state index < -0.39 is 12.1 Å². The van der Waals surface area contributed by atoms with Crippen LogP contribution in [-0.4, -0.2) is 42.2 Å². The van der Waals surface area contributed by atoms with Gasteiger partial charge in [0, 0.05) is 25.4 Å². The van der Waals surface area contributed by atoms with E-state index in [1.165, 1.54) is 16.8 Å². The predicted molar refractivity (Wildman–Crippen MR) is 117 cm³/mol. The van der Waals surface area contributed by atoms with Crippen LogP contribution in [0, 0.1) is 0 Å². The summed E-state index contributed by atoms with van der Waals surface area (Å²) in [6.07, 6.45) is 5.17. The number of ether oxygens (including phenoxy) is 3. The average molecular weight is 474 g/mol. The van der Waals surface area contributed by atoms with Gasteiger partial charge in [0.1, 0.15) is 12.1 Å². The first kappa shape index (κ1) is 22.9. The molecule has 2 heterocycles. The molecular weight excluding hydrogens is 451 g/mol. The summed E-state index contributed by atoms with van der Waals surface area (Å²) in [6.45, 7) is 0.643. The van der Waals surface area contributed by atoms with E-state index in [9.17, 15) is 4.79 Å². The Balaban J connectivity index is 1.93. The molecule has 9 heteroatoms. The Kier molecular flexibility index (Phi) is 8.06. The topological polar surface area (TPSA) is 60.9 Å². The van der Waals surface area contributed by atoms with Crippen molar-refractivity contribution in [2.24, 2.45) is 0 Å². The van der Waals surface area contributed by atoms with Gasteiger partial charge >= 0.3 is 5.97 Å². The van der Waals surface area contributed by atoms with Gasteiger partial charge in [-0.05, 0) is 54.3 Å². The van der Waals surface area contributed by atoms with Crippen LogP contribution in [-0.2, 0) is 16.0 Å². The van der Waals surface area contributed by atoms with Gasteiger partial charge in [-0.15, -0.1) is 0 Å². The van der Waals surface area contributed by atoms with Crippen LogP contribution in [0.2, 0.25) is 10.0 Å². The van der Waals surface area contributed by atoms with Gasteiger partial charge in [0.15, 0.2) is 11.5 Å². The van der Waals surface area contributed by atoms with E-state index in [0.29, 0.717) is 40.1 Å². The van der Waals surface area contributed by atoms with Crippen molar-refractivity contribution >= 4 is 40.9 Å². The van der Waals surface area contributed by atoms with Gasteiger partial charge in [-0.1, -0.05) is 29.3 Å². The minimum absolute atomic E-state index is 0.274. The zero-order chi connectivity index (χ0) is 21.7. The molecule has 1 saturated heterocycles. The third-order valence-electron chi connectivity index (χ3n) is 5.09. The molecule has 162 valence electrons. The van der Waals surface area contributed by atoms with E-state index in [1.807, 2.05) is 6.07 Å². The molecule has 0 aliphatic carbocycles. The van der Waals surface area contributed by atoms with Crippen molar-refractivity contribution in [2.45, 2.75) is 37.8 Å². The molecular formula is C21H23Cl3N2O4. The van der Waals surface area contributed by atoms with Gasteiger partial charge in [-0.3, -0.25) is 9.78 Å². The lowest BCUT2D eigenvalue weighted by molar-refractivity contribution is -0.155. The summed E-state index contributed by atoms with van der Waals surface area (Å²) in [5.41, 5.74) is 1.37. The van der Waals surface area contributed by atoms with Crippen LogP contribution in [0.5, 0.6) is 11.5 Å². The van der Waals surface area contributed by atoms with Crippen molar-refractivity contribution in [3.8, 4) is 11.5 Å². The van der Waals surface area contributed by atoms with Gasteiger partial charge in [0.2, 0.25) is 0 Å².